The van der Waals surface area contributed by atoms with E-state index in [-0.39, 0.29) is 23.7 Å². The minimum absolute atomic E-state index is 0.107. The molecule has 5 heteroatoms. The number of hydrogen-bond acceptors (Lipinski definition) is 2. The fourth-order valence-corrected chi connectivity index (χ4v) is 2.82. The first-order valence-corrected chi connectivity index (χ1v) is 8.26. The van der Waals surface area contributed by atoms with Gasteiger partial charge in [-0.2, -0.15) is 0 Å². The summed E-state index contributed by atoms with van der Waals surface area (Å²) in [6.07, 6.45) is 0.572. The van der Waals surface area contributed by atoms with Gasteiger partial charge in [0.15, 0.2) is 0 Å². The Balaban J connectivity index is 1.57. The number of amides is 2. The van der Waals surface area contributed by atoms with E-state index in [2.05, 4.69) is 10.6 Å². The number of benzene rings is 2. The van der Waals surface area contributed by atoms with E-state index in [0.717, 1.165) is 11.3 Å². The van der Waals surface area contributed by atoms with Gasteiger partial charge in [-0.15, -0.1) is 0 Å². The molecule has 2 N–H and O–H groups in total. The first kappa shape index (κ1) is 16.5. The normalized spacial score (nSPS) is 18.8. The molecule has 0 heterocycles. The topological polar surface area (TPSA) is 58.2 Å². The van der Waals surface area contributed by atoms with Crippen molar-refractivity contribution < 1.29 is 9.59 Å². The van der Waals surface area contributed by atoms with Crippen molar-refractivity contribution in [2.24, 2.45) is 11.8 Å². The molecule has 124 valence electrons. The fraction of sp³-hybridized carbons (Fsp3) is 0.263. The second kappa shape index (κ2) is 6.65. The zero-order chi connectivity index (χ0) is 17.3. The van der Waals surface area contributed by atoms with Gasteiger partial charge in [-0.05, 0) is 61.7 Å². The van der Waals surface area contributed by atoms with Crippen LogP contribution in [-0.2, 0) is 9.59 Å². The highest BCUT2D eigenvalue weighted by molar-refractivity contribution is 6.30. The molecular formula is C19H19ClN2O2. The number of aryl methyl sites for hydroxylation is 2. The van der Waals surface area contributed by atoms with Crippen LogP contribution in [0.5, 0.6) is 0 Å². The Morgan fingerprint density at radius 1 is 0.917 bits per heavy atom. The molecule has 2 atom stereocenters. The van der Waals surface area contributed by atoms with Crippen molar-refractivity contribution in [3.8, 4) is 0 Å². The fourth-order valence-electron chi connectivity index (χ4n) is 2.63. The Hall–Kier alpha value is -2.33. The maximum Gasteiger partial charge on any atom is 0.228 e. The Labute approximate surface area is 146 Å². The van der Waals surface area contributed by atoms with Crippen LogP contribution < -0.4 is 10.6 Å². The largest absolute Gasteiger partial charge is 0.326 e. The smallest absolute Gasteiger partial charge is 0.228 e. The maximum absolute atomic E-state index is 12.3. The first-order chi connectivity index (χ1) is 11.4. The van der Waals surface area contributed by atoms with Gasteiger partial charge in [0.05, 0.1) is 11.8 Å². The van der Waals surface area contributed by atoms with Gasteiger partial charge in [-0.25, -0.2) is 0 Å². The molecule has 24 heavy (non-hydrogen) atoms. The third kappa shape index (κ3) is 3.77. The molecule has 2 amide bonds. The minimum atomic E-state index is -0.282. The molecule has 0 spiro atoms. The lowest BCUT2D eigenvalue weighted by Gasteiger charge is -2.08. The standard InChI is InChI=1S/C19H19ClN2O2/c1-11-6-7-15(8-12(11)2)22-19(24)17-10-16(17)18(23)21-14-5-3-4-13(20)9-14/h3-9,16-17H,10H2,1-2H3,(H,21,23)(H,22,24). The summed E-state index contributed by atoms with van der Waals surface area (Å²) in [6, 6.07) is 12.8. The van der Waals surface area contributed by atoms with Crippen LogP contribution in [0.2, 0.25) is 5.02 Å². The first-order valence-electron chi connectivity index (χ1n) is 7.88. The monoisotopic (exact) mass is 342 g/mol. The van der Waals surface area contributed by atoms with Gasteiger partial charge in [0, 0.05) is 16.4 Å². The van der Waals surface area contributed by atoms with Crippen LogP contribution in [0.3, 0.4) is 0 Å². The lowest BCUT2D eigenvalue weighted by atomic mass is 10.1. The van der Waals surface area contributed by atoms with Gasteiger partial charge in [0.2, 0.25) is 11.8 Å². The van der Waals surface area contributed by atoms with E-state index in [1.54, 1.807) is 24.3 Å². The molecular weight excluding hydrogens is 324 g/mol. The van der Waals surface area contributed by atoms with E-state index in [0.29, 0.717) is 17.1 Å². The molecule has 0 saturated heterocycles. The molecule has 2 aromatic rings. The number of anilines is 2. The molecule has 2 aromatic carbocycles. The number of carbonyl (C=O) groups excluding carboxylic acids is 2. The summed E-state index contributed by atoms with van der Waals surface area (Å²) in [7, 11) is 0. The second-order valence-electron chi connectivity index (χ2n) is 6.24. The maximum atomic E-state index is 12.3. The van der Waals surface area contributed by atoms with Crippen LogP contribution >= 0.6 is 11.6 Å². The Kier molecular flexibility index (Phi) is 4.58. The van der Waals surface area contributed by atoms with Crippen molar-refractivity contribution in [3.63, 3.8) is 0 Å². The number of rotatable bonds is 4. The zero-order valence-corrected chi connectivity index (χ0v) is 14.4. The summed E-state index contributed by atoms with van der Waals surface area (Å²) in [5, 5.41) is 6.26. The van der Waals surface area contributed by atoms with Crippen molar-refractivity contribution in [1.82, 2.24) is 0 Å². The highest BCUT2D eigenvalue weighted by Gasteiger charge is 2.48. The van der Waals surface area contributed by atoms with E-state index in [4.69, 9.17) is 11.6 Å². The number of nitrogens with one attached hydrogen (secondary N) is 2. The molecule has 0 bridgehead atoms. The van der Waals surface area contributed by atoms with Gasteiger partial charge in [-0.1, -0.05) is 23.7 Å². The van der Waals surface area contributed by atoms with Crippen molar-refractivity contribution in [1.29, 1.82) is 0 Å². The summed E-state index contributed by atoms with van der Waals surface area (Å²) >= 11 is 5.90. The Morgan fingerprint density at radius 3 is 2.12 bits per heavy atom. The molecule has 1 aliphatic carbocycles. The van der Waals surface area contributed by atoms with Gasteiger partial charge >= 0.3 is 0 Å². The van der Waals surface area contributed by atoms with Crippen LogP contribution in [-0.4, -0.2) is 11.8 Å². The summed E-state index contributed by atoms with van der Waals surface area (Å²) in [4.78, 5) is 24.5. The SMILES string of the molecule is Cc1ccc(NC(=O)C2CC2C(=O)Nc2cccc(Cl)c2)cc1C. The van der Waals surface area contributed by atoms with E-state index < -0.39 is 0 Å². The summed E-state index contributed by atoms with van der Waals surface area (Å²) in [5.41, 5.74) is 3.72. The lowest BCUT2D eigenvalue weighted by Crippen LogP contribution is -2.20. The molecule has 0 aliphatic heterocycles. The predicted molar refractivity (Wildman–Crippen MR) is 96.2 cm³/mol. The predicted octanol–water partition coefficient (Wildman–Crippen LogP) is 4.17. The molecule has 1 aliphatic rings. The third-order valence-electron chi connectivity index (χ3n) is 4.33. The average Bonchev–Trinajstić information content (AvgIpc) is 3.32. The summed E-state index contributed by atoms with van der Waals surface area (Å²) in [6.45, 7) is 4.03. The van der Waals surface area contributed by atoms with Crippen LogP contribution in [0.1, 0.15) is 17.5 Å². The summed E-state index contributed by atoms with van der Waals surface area (Å²) < 4.78 is 0. The molecule has 4 nitrogen and oxygen atoms in total. The van der Waals surface area contributed by atoms with Gasteiger partial charge in [-0.3, -0.25) is 9.59 Å². The van der Waals surface area contributed by atoms with Crippen molar-refractivity contribution >= 4 is 34.8 Å². The highest BCUT2D eigenvalue weighted by Crippen LogP contribution is 2.40. The molecule has 0 radical (unpaired) electrons. The number of hydrogen-bond donors (Lipinski definition) is 2. The van der Waals surface area contributed by atoms with Crippen LogP contribution in [0, 0.1) is 25.7 Å². The van der Waals surface area contributed by atoms with Crippen LogP contribution in [0.4, 0.5) is 11.4 Å². The van der Waals surface area contributed by atoms with E-state index >= 15 is 0 Å². The third-order valence-corrected chi connectivity index (χ3v) is 4.57. The molecule has 2 unspecified atom stereocenters. The van der Waals surface area contributed by atoms with Crippen LogP contribution in [0.25, 0.3) is 0 Å². The number of carbonyl (C=O) groups is 2. The van der Waals surface area contributed by atoms with Gasteiger partial charge < -0.3 is 10.6 Å². The number of halogens is 1. The van der Waals surface area contributed by atoms with Gasteiger partial charge in [0.25, 0.3) is 0 Å². The van der Waals surface area contributed by atoms with Crippen molar-refractivity contribution in [2.75, 3.05) is 10.6 Å². The Morgan fingerprint density at radius 2 is 1.54 bits per heavy atom. The lowest BCUT2D eigenvalue weighted by molar-refractivity contribution is -0.122. The molecule has 0 aromatic heterocycles. The second-order valence-corrected chi connectivity index (χ2v) is 6.67. The quantitative estimate of drug-likeness (QED) is 0.876. The van der Waals surface area contributed by atoms with Crippen LogP contribution in [0.15, 0.2) is 42.5 Å². The van der Waals surface area contributed by atoms with Crippen molar-refractivity contribution in [2.45, 2.75) is 20.3 Å². The molecule has 1 fully saturated rings. The van der Waals surface area contributed by atoms with Gasteiger partial charge in [0.1, 0.15) is 0 Å². The molecule has 3 rings (SSSR count). The van der Waals surface area contributed by atoms with E-state index in [1.165, 1.54) is 5.56 Å². The Bertz CT molecular complexity index is 804. The zero-order valence-electron chi connectivity index (χ0n) is 13.6. The average molecular weight is 343 g/mol. The van der Waals surface area contributed by atoms with Crippen molar-refractivity contribution in [3.05, 3.63) is 58.6 Å². The molecule has 1 saturated carbocycles. The minimum Gasteiger partial charge on any atom is -0.326 e. The van der Waals surface area contributed by atoms with E-state index in [1.807, 2.05) is 32.0 Å². The highest BCUT2D eigenvalue weighted by atomic mass is 35.5. The van der Waals surface area contributed by atoms with E-state index in [9.17, 15) is 9.59 Å². The summed E-state index contributed by atoms with van der Waals surface area (Å²) in [5.74, 6) is -0.802.